The minimum absolute atomic E-state index is 0.605. The zero-order valence-corrected chi connectivity index (χ0v) is 20.9. The number of benzene rings is 1. The van der Waals surface area contributed by atoms with Gasteiger partial charge in [-0.05, 0) is 34.1 Å². The summed E-state index contributed by atoms with van der Waals surface area (Å²) in [4.78, 5) is 9.16. The Hall–Kier alpha value is -1.03. The van der Waals surface area contributed by atoms with E-state index in [9.17, 15) is 0 Å². The summed E-state index contributed by atoms with van der Waals surface area (Å²) in [6.07, 6.45) is 5.77. The molecule has 0 unspecified atom stereocenters. The van der Waals surface area contributed by atoms with Crippen LogP contribution in [0.4, 0.5) is 0 Å². The molecule has 6 nitrogen and oxygen atoms in total. The van der Waals surface area contributed by atoms with Crippen molar-refractivity contribution in [1.82, 2.24) is 0 Å². The number of aliphatic imine (C=N–C) groups is 2. The van der Waals surface area contributed by atoms with Crippen LogP contribution in [0.1, 0.15) is 51.7 Å². The maximum Gasteiger partial charge on any atom is 0.500 e. The molecular formula is C22H39N2O4SSi+. The third-order valence-corrected chi connectivity index (χ3v) is 8.17. The lowest BCUT2D eigenvalue weighted by Crippen LogP contribution is -2.46. The van der Waals surface area contributed by atoms with Crippen LogP contribution >= 0.6 is 0 Å². The van der Waals surface area contributed by atoms with Crippen LogP contribution in [0.15, 0.2) is 34.3 Å². The fourth-order valence-corrected chi connectivity index (χ4v) is 6.02. The molecule has 1 aromatic carbocycles. The Morgan fingerprint density at radius 2 is 1.33 bits per heavy atom. The number of hydrogen-bond donors (Lipinski definition) is 0. The van der Waals surface area contributed by atoms with Crippen LogP contribution in [-0.2, 0) is 29.5 Å². The smallest absolute Gasteiger partial charge is 0.374 e. The molecule has 0 N–H and O–H groups in total. The third kappa shape index (κ3) is 11.4. The Bertz CT molecular complexity index is 600. The summed E-state index contributed by atoms with van der Waals surface area (Å²) in [5.74, 6) is 1.02. The molecule has 0 aromatic heterocycles. The highest BCUT2D eigenvalue weighted by molar-refractivity contribution is 7.73. The van der Waals surface area contributed by atoms with Crippen molar-refractivity contribution >= 4 is 33.3 Å². The van der Waals surface area contributed by atoms with E-state index in [-0.39, 0.29) is 0 Å². The van der Waals surface area contributed by atoms with Crippen molar-refractivity contribution in [3.63, 3.8) is 0 Å². The van der Waals surface area contributed by atoms with E-state index < -0.39 is 8.80 Å². The minimum atomic E-state index is -2.57. The molecule has 0 fully saturated rings. The van der Waals surface area contributed by atoms with E-state index >= 15 is 0 Å². The van der Waals surface area contributed by atoms with E-state index in [0.29, 0.717) is 26.4 Å². The highest BCUT2D eigenvalue weighted by Crippen LogP contribution is 2.18. The first-order valence-corrected chi connectivity index (χ1v) is 13.9. The third-order valence-electron chi connectivity index (χ3n) is 4.08. The molecule has 0 aliphatic carbocycles. The lowest BCUT2D eigenvalue weighted by molar-refractivity contribution is 0.0710. The second kappa shape index (κ2) is 17.6. The number of hydrogen-bond acceptors (Lipinski definition) is 6. The van der Waals surface area contributed by atoms with Gasteiger partial charge < -0.3 is 13.3 Å². The molecule has 0 bridgehead atoms. The first-order valence-electron chi connectivity index (χ1n) is 11.0. The second-order valence-corrected chi connectivity index (χ2v) is 10.1. The fourth-order valence-electron chi connectivity index (χ4n) is 2.84. The van der Waals surface area contributed by atoms with Gasteiger partial charge in [-0.2, -0.15) is 4.18 Å². The Kier molecular flexibility index (Phi) is 15.9. The summed E-state index contributed by atoms with van der Waals surface area (Å²) in [7, 11) is -2.57. The molecule has 0 atom stereocenters. The maximum absolute atomic E-state index is 5.90. The van der Waals surface area contributed by atoms with E-state index in [2.05, 4.69) is 22.1 Å². The van der Waals surface area contributed by atoms with Gasteiger partial charge in [-0.3, -0.25) is 9.98 Å². The fraction of sp³-hybridized carbons (Fsp3) is 0.636. The molecule has 30 heavy (non-hydrogen) atoms. The summed E-state index contributed by atoms with van der Waals surface area (Å²) >= 11 is 1.05. The summed E-state index contributed by atoms with van der Waals surface area (Å²) in [6, 6.07) is 8.97. The molecule has 0 amide bonds. The van der Waals surface area contributed by atoms with Crippen molar-refractivity contribution < 1.29 is 17.5 Å². The van der Waals surface area contributed by atoms with Crippen LogP contribution in [0, 0.1) is 0 Å². The maximum atomic E-state index is 5.90. The van der Waals surface area contributed by atoms with Gasteiger partial charge in [-0.15, -0.1) is 0 Å². The Morgan fingerprint density at radius 1 is 0.800 bits per heavy atom. The van der Waals surface area contributed by atoms with Gasteiger partial charge in [0.25, 0.3) is 0 Å². The molecule has 0 heterocycles. The van der Waals surface area contributed by atoms with Gasteiger partial charge in [0, 0.05) is 68.9 Å². The number of rotatable bonds is 18. The van der Waals surface area contributed by atoms with Gasteiger partial charge in [0.15, 0.2) is 0 Å². The van der Waals surface area contributed by atoms with Crippen LogP contribution in [0.25, 0.3) is 0 Å². The zero-order chi connectivity index (χ0) is 21.9. The van der Waals surface area contributed by atoms with Gasteiger partial charge in [-0.25, -0.2) is 0 Å². The quantitative estimate of drug-likeness (QED) is 0.110. The predicted octanol–water partition coefficient (Wildman–Crippen LogP) is 4.12. The monoisotopic (exact) mass is 455 g/mol. The van der Waals surface area contributed by atoms with Gasteiger partial charge >= 0.3 is 8.80 Å². The Balaban J connectivity index is 2.52. The number of thiol groups is 1. The van der Waals surface area contributed by atoms with Crippen LogP contribution < -0.4 is 0 Å². The topological polar surface area (TPSA) is 61.6 Å². The van der Waals surface area contributed by atoms with Gasteiger partial charge in [0.2, 0.25) is 0 Å². The zero-order valence-electron chi connectivity index (χ0n) is 19.0. The lowest BCUT2D eigenvalue weighted by Gasteiger charge is -2.28. The summed E-state index contributed by atoms with van der Waals surface area (Å²) in [5.41, 5.74) is 2.17. The number of nitrogens with zero attached hydrogens (tertiary/aromatic N) is 2. The van der Waals surface area contributed by atoms with E-state index in [0.717, 1.165) is 61.0 Å². The van der Waals surface area contributed by atoms with Crippen LogP contribution in [0.5, 0.6) is 0 Å². The van der Waals surface area contributed by atoms with E-state index in [1.807, 2.05) is 52.3 Å². The van der Waals surface area contributed by atoms with Crippen molar-refractivity contribution in [2.75, 3.05) is 45.3 Å². The molecule has 1 aromatic rings. The van der Waals surface area contributed by atoms with Crippen LogP contribution in [0.3, 0.4) is 0 Å². The first-order chi connectivity index (χ1) is 14.7. The van der Waals surface area contributed by atoms with Crippen LogP contribution in [0.2, 0.25) is 6.04 Å². The van der Waals surface area contributed by atoms with Crippen LogP contribution in [-0.4, -0.2) is 66.5 Å². The van der Waals surface area contributed by atoms with Crippen molar-refractivity contribution in [2.24, 2.45) is 9.98 Å². The molecule has 0 saturated heterocycles. The highest BCUT2D eigenvalue weighted by Gasteiger charge is 2.39. The van der Waals surface area contributed by atoms with Crippen molar-refractivity contribution in [3.05, 3.63) is 35.4 Å². The van der Waals surface area contributed by atoms with Crippen molar-refractivity contribution in [1.29, 1.82) is 0 Å². The molecule has 170 valence electrons. The molecule has 0 saturated carbocycles. The molecule has 0 radical (unpaired) electrons. The highest BCUT2D eigenvalue weighted by atomic mass is 32.2. The Morgan fingerprint density at radius 3 is 1.83 bits per heavy atom. The van der Waals surface area contributed by atoms with Crippen molar-refractivity contribution in [3.8, 4) is 0 Å². The average molecular weight is 456 g/mol. The molecule has 1 rings (SSSR count). The SMILES string of the molecule is CCO[SH+]CCCN=Cc1ccccc1C=NCCC[Si](OCC)(OCC)OCC. The molecule has 8 heteroatoms. The van der Waals surface area contributed by atoms with E-state index in [1.165, 1.54) is 0 Å². The minimum Gasteiger partial charge on any atom is -0.374 e. The molecular weight excluding hydrogens is 416 g/mol. The predicted molar refractivity (Wildman–Crippen MR) is 131 cm³/mol. The Labute approximate surface area is 188 Å². The molecule has 0 aliphatic heterocycles. The lowest BCUT2D eigenvalue weighted by atomic mass is 10.1. The normalized spacial score (nSPS) is 12.4. The summed E-state index contributed by atoms with van der Waals surface area (Å²) in [5, 5.41) is 0. The second-order valence-electron chi connectivity index (χ2n) is 6.41. The molecule has 0 spiro atoms. The van der Waals surface area contributed by atoms with Crippen molar-refractivity contribution in [2.45, 2.75) is 46.6 Å². The summed E-state index contributed by atoms with van der Waals surface area (Å²) < 4.78 is 23.0. The van der Waals surface area contributed by atoms with E-state index in [4.69, 9.17) is 17.5 Å². The molecule has 0 aliphatic rings. The largest absolute Gasteiger partial charge is 0.500 e. The summed E-state index contributed by atoms with van der Waals surface area (Å²) in [6.45, 7) is 12.1. The standard InChI is InChI=1S/C22H38N2O4SSi/c1-5-25-29-17-11-15-23-19-21-13-9-10-14-22(21)20-24-16-12-18-30(26-6-2,27-7-3)28-8-4/h9-10,13-14,19-20H,5-8,11-12,15-18H2,1-4H3/p+1. The van der Waals surface area contributed by atoms with E-state index in [1.54, 1.807) is 0 Å². The van der Waals surface area contributed by atoms with Gasteiger partial charge in [0.05, 0.1) is 0 Å². The first kappa shape index (κ1) is 27.0. The van der Waals surface area contributed by atoms with Gasteiger partial charge in [0.1, 0.15) is 24.4 Å². The average Bonchev–Trinajstić information content (AvgIpc) is 2.74. The van der Waals surface area contributed by atoms with Gasteiger partial charge in [-0.1, -0.05) is 24.3 Å².